The van der Waals surface area contributed by atoms with Gasteiger partial charge in [0.1, 0.15) is 11.8 Å². The number of furan rings is 1. The van der Waals surface area contributed by atoms with Crippen LogP contribution < -0.4 is 5.32 Å². The summed E-state index contributed by atoms with van der Waals surface area (Å²) >= 11 is 5.95. The van der Waals surface area contributed by atoms with Crippen LogP contribution >= 0.6 is 11.6 Å². The molecule has 2 fully saturated rings. The van der Waals surface area contributed by atoms with Crippen LogP contribution in [0.5, 0.6) is 0 Å². The largest absolute Gasteiger partial charge is 0.451 e. The smallest absolute Gasteiger partial charge is 0.287 e. The second-order valence-electron chi connectivity index (χ2n) is 10.5. The van der Waals surface area contributed by atoms with Crippen molar-refractivity contribution >= 4 is 23.4 Å². The maximum atomic E-state index is 13.4. The van der Waals surface area contributed by atoms with E-state index in [0.717, 1.165) is 24.8 Å². The minimum absolute atomic E-state index is 0.00807. The number of nitrogens with one attached hydrogen (secondary N) is 1. The van der Waals surface area contributed by atoms with Crippen molar-refractivity contribution in [3.63, 3.8) is 0 Å². The molecule has 2 amide bonds. The third kappa shape index (κ3) is 5.63. The molecule has 1 saturated heterocycles. The summed E-state index contributed by atoms with van der Waals surface area (Å²) in [6.45, 7) is 6.95. The Bertz CT molecular complexity index is 1050. The number of likely N-dealkylation sites (tertiary alicyclic amines) is 1. The molecule has 8 heteroatoms. The molecule has 1 aromatic heterocycles. The minimum atomic E-state index is -0.586. The van der Waals surface area contributed by atoms with Crippen molar-refractivity contribution < 1.29 is 19.1 Å². The average Bonchev–Trinajstić information content (AvgIpc) is 3.51. The molecule has 2 aliphatic rings. The van der Waals surface area contributed by atoms with Crippen molar-refractivity contribution in [1.29, 1.82) is 0 Å². The minimum Gasteiger partial charge on any atom is -0.451 e. The van der Waals surface area contributed by atoms with Gasteiger partial charge in [-0.1, -0.05) is 18.5 Å². The zero-order chi connectivity index (χ0) is 26.0. The fourth-order valence-corrected chi connectivity index (χ4v) is 5.81. The first-order valence-electron chi connectivity index (χ1n) is 13.1. The van der Waals surface area contributed by atoms with E-state index in [9.17, 15) is 14.7 Å². The van der Waals surface area contributed by atoms with Crippen LogP contribution in [-0.2, 0) is 4.79 Å². The monoisotopic (exact) mass is 515 g/mol. The molecule has 4 rings (SSSR count). The van der Waals surface area contributed by atoms with Crippen LogP contribution in [0.3, 0.4) is 0 Å². The van der Waals surface area contributed by atoms with Crippen LogP contribution in [0.4, 0.5) is 0 Å². The van der Waals surface area contributed by atoms with Crippen molar-refractivity contribution in [2.75, 3.05) is 13.6 Å². The first kappa shape index (κ1) is 26.7. The molecule has 0 radical (unpaired) electrons. The first-order chi connectivity index (χ1) is 17.2. The lowest BCUT2D eigenvalue weighted by atomic mass is 9.76. The van der Waals surface area contributed by atoms with Gasteiger partial charge in [-0.05, 0) is 89.4 Å². The molecule has 36 heavy (non-hydrogen) atoms. The lowest BCUT2D eigenvalue weighted by Gasteiger charge is -2.46. The molecule has 1 aliphatic heterocycles. The van der Waals surface area contributed by atoms with Gasteiger partial charge in [0.25, 0.3) is 5.91 Å². The predicted molar refractivity (Wildman–Crippen MR) is 141 cm³/mol. The van der Waals surface area contributed by atoms with Crippen molar-refractivity contribution in [3.8, 4) is 11.3 Å². The molecule has 196 valence electrons. The van der Waals surface area contributed by atoms with E-state index in [4.69, 9.17) is 16.0 Å². The maximum absolute atomic E-state index is 13.4. The highest BCUT2D eigenvalue weighted by molar-refractivity contribution is 6.30. The molecule has 2 N–H and O–H groups in total. The predicted octanol–water partition coefficient (Wildman–Crippen LogP) is 4.58. The summed E-state index contributed by atoms with van der Waals surface area (Å²) in [4.78, 5) is 30.6. The summed E-state index contributed by atoms with van der Waals surface area (Å²) in [6, 6.07) is 10.8. The summed E-state index contributed by atoms with van der Waals surface area (Å²) < 4.78 is 5.76. The number of halogens is 1. The van der Waals surface area contributed by atoms with Crippen LogP contribution in [0.25, 0.3) is 11.3 Å². The van der Waals surface area contributed by atoms with Crippen LogP contribution in [-0.4, -0.2) is 70.6 Å². The van der Waals surface area contributed by atoms with E-state index in [-0.39, 0.29) is 23.6 Å². The Hall–Kier alpha value is -2.35. The van der Waals surface area contributed by atoms with Crippen LogP contribution in [0.15, 0.2) is 40.8 Å². The van der Waals surface area contributed by atoms with Gasteiger partial charge in [0.05, 0.1) is 6.10 Å². The van der Waals surface area contributed by atoms with Gasteiger partial charge in [-0.25, -0.2) is 0 Å². The second kappa shape index (κ2) is 11.4. The lowest BCUT2D eigenvalue weighted by Crippen LogP contribution is -2.54. The highest BCUT2D eigenvalue weighted by atomic mass is 35.5. The summed E-state index contributed by atoms with van der Waals surface area (Å²) in [7, 11) is 2.14. The number of aliphatic hydroxyl groups is 1. The molecule has 1 saturated carbocycles. The van der Waals surface area contributed by atoms with Crippen molar-refractivity contribution in [3.05, 3.63) is 47.2 Å². The SMILES string of the molecule is CCC(O)[C@H]1C[C@H](N(C)C(C)C)CC[C@@H]1N1CCC(NC(=O)c2ccc(-c3ccc(Cl)cc3)o2)C1=O. The highest BCUT2D eigenvalue weighted by Crippen LogP contribution is 2.36. The average molecular weight is 516 g/mol. The second-order valence-corrected chi connectivity index (χ2v) is 10.9. The number of aliphatic hydroxyl groups excluding tert-OH is 1. The maximum Gasteiger partial charge on any atom is 0.287 e. The number of carbonyl (C=O) groups excluding carboxylic acids is 2. The van der Waals surface area contributed by atoms with E-state index < -0.39 is 18.1 Å². The molecule has 2 heterocycles. The number of amides is 2. The van der Waals surface area contributed by atoms with E-state index in [1.54, 1.807) is 24.3 Å². The normalized spacial score (nSPS) is 25.6. The first-order valence-corrected chi connectivity index (χ1v) is 13.4. The summed E-state index contributed by atoms with van der Waals surface area (Å²) in [5.41, 5.74) is 0.820. The quantitative estimate of drug-likeness (QED) is 0.537. The van der Waals surface area contributed by atoms with Gasteiger partial charge in [0, 0.05) is 41.2 Å². The highest BCUT2D eigenvalue weighted by Gasteiger charge is 2.44. The Morgan fingerprint density at radius 3 is 2.58 bits per heavy atom. The molecular weight excluding hydrogens is 478 g/mol. The zero-order valence-electron chi connectivity index (χ0n) is 21.6. The Labute approximate surface area is 218 Å². The van der Waals surface area contributed by atoms with Gasteiger partial charge in [-0.15, -0.1) is 0 Å². The van der Waals surface area contributed by atoms with Crippen molar-refractivity contribution in [2.45, 2.75) is 83.1 Å². The molecule has 0 spiro atoms. The van der Waals surface area contributed by atoms with Gasteiger partial charge >= 0.3 is 0 Å². The van der Waals surface area contributed by atoms with Gasteiger partial charge in [0.15, 0.2) is 5.76 Å². The molecule has 2 unspecified atom stereocenters. The van der Waals surface area contributed by atoms with Crippen molar-refractivity contribution in [1.82, 2.24) is 15.1 Å². The van der Waals surface area contributed by atoms with E-state index in [0.29, 0.717) is 42.3 Å². The van der Waals surface area contributed by atoms with Gasteiger partial charge in [-0.2, -0.15) is 0 Å². The van der Waals surface area contributed by atoms with E-state index in [1.807, 2.05) is 24.0 Å². The van der Waals surface area contributed by atoms with E-state index in [2.05, 4.69) is 31.1 Å². The topological polar surface area (TPSA) is 86.0 Å². The molecular formula is C28H38ClN3O4. The van der Waals surface area contributed by atoms with E-state index >= 15 is 0 Å². The van der Waals surface area contributed by atoms with Crippen LogP contribution in [0, 0.1) is 5.92 Å². The third-order valence-corrected chi connectivity index (χ3v) is 8.29. The number of rotatable bonds is 8. The zero-order valence-corrected chi connectivity index (χ0v) is 22.4. The Morgan fingerprint density at radius 1 is 1.19 bits per heavy atom. The Morgan fingerprint density at radius 2 is 1.92 bits per heavy atom. The fraction of sp³-hybridized carbons (Fsp3) is 0.571. The van der Waals surface area contributed by atoms with E-state index in [1.165, 1.54) is 0 Å². The standard InChI is InChI=1S/C28H38ClN3O4/c1-5-24(33)21-16-20(31(4)17(2)3)10-11-23(21)32-15-14-22(28(32)35)30-27(34)26-13-12-25(36-26)18-6-8-19(29)9-7-18/h6-9,12-13,17,20-24,33H,5,10-11,14-16H2,1-4H3,(H,30,34)/t20-,21+,22?,23+,24?/m1/s1. The molecule has 1 aliphatic carbocycles. The summed E-state index contributed by atoms with van der Waals surface area (Å²) in [5.74, 6) is 0.295. The number of carbonyl (C=O) groups is 2. The van der Waals surface area contributed by atoms with Gasteiger partial charge in [0.2, 0.25) is 5.91 Å². The number of hydrogen-bond acceptors (Lipinski definition) is 5. The number of benzene rings is 1. The Balaban J connectivity index is 1.41. The summed E-state index contributed by atoms with van der Waals surface area (Å²) in [5, 5.41) is 14.4. The lowest BCUT2D eigenvalue weighted by molar-refractivity contribution is -0.134. The molecule has 0 bridgehead atoms. The van der Waals surface area contributed by atoms with Gasteiger partial charge in [-0.3, -0.25) is 9.59 Å². The molecule has 2 aromatic rings. The summed E-state index contributed by atoms with van der Waals surface area (Å²) in [6.07, 6.45) is 3.49. The third-order valence-electron chi connectivity index (χ3n) is 8.04. The number of hydrogen-bond donors (Lipinski definition) is 2. The van der Waals surface area contributed by atoms with Gasteiger partial charge < -0.3 is 24.6 Å². The molecule has 5 atom stereocenters. The number of nitrogens with zero attached hydrogens (tertiary/aromatic N) is 2. The fourth-order valence-electron chi connectivity index (χ4n) is 5.68. The Kier molecular flexibility index (Phi) is 8.43. The van der Waals surface area contributed by atoms with Crippen molar-refractivity contribution in [2.24, 2.45) is 5.92 Å². The molecule has 7 nitrogen and oxygen atoms in total. The van der Waals surface area contributed by atoms with Crippen LogP contribution in [0.1, 0.15) is 63.4 Å². The van der Waals surface area contributed by atoms with Crippen LogP contribution in [0.2, 0.25) is 5.02 Å². The molecule has 1 aromatic carbocycles.